The number of fused-ring (bicyclic) bond motifs is 3. The van der Waals surface area contributed by atoms with Gasteiger partial charge < -0.3 is 9.30 Å². The van der Waals surface area contributed by atoms with E-state index in [9.17, 15) is 9.59 Å². The summed E-state index contributed by atoms with van der Waals surface area (Å²) in [7, 11) is 2.08. The highest BCUT2D eigenvalue weighted by Crippen LogP contribution is 2.47. The quantitative estimate of drug-likeness (QED) is 0.151. The molecule has 0 spiro atoms. The first-order valence-corrected chi connectivity index (χ1v) is 14.2. The zero-order chi connectivity index (χ0) is 27.3. The van der Waals surface area contributed by atoms with Crippen LogP contribution in [0.15, 0.2) is 105 Å². The summed E-state index contributed by atoms with van der Waals surface area (Å²) in [5.41, 5.74) is 7.58. The minimum absolute atomic E-state index is 0.123. The molecule has 3 aromatic carbocycles. The average Bonchev–Trinajstić information content (AvgIpc) is 3.31. The number of nitrogens with zero attached hydrogens (tertiary/aromatic N) is 2. The smallest absolute Gasteiger partial charge is 0.209 e. The molecule has 39 heavy (non-hydrogen) atoms. The molecule has 0 aliphatic carbocycles. The second-order valence-corrected chi connectivity index (χ2v) is 11.8. The molecule has 0 radical (unpaired) electrons. The maximum absolute atomic E-state index is 13.6. The van der Waals surface area contributed by atoms with Crippen molar-refractivity contribution in [3.05, 3.63) is 129 Å². The van der Waals surface area contributed by atoms with Crippen LogP contribution < -0.4 is 4.90 Å². The molecule has 0 saturated heterocycles. The van der Waals surface area contributed by atoms with Crippen molar-refractivity contribution < 1.29 is 9.59 Å². The molecule has 1 aliphatic rings. The maximum atomic E-state index is 13.6. The molecule has 0 amide bonds. The molecule has 6 rings (SSSR count). The predicted molar refractivity (Wildman–Crippen MR) is 163 cm³/mol. The Balaban J connectivity index is 1.35. The van der Waals surface area contributed by atoms with Crippen molar-refractivity contribution in [2.75, 3.05) is 11.9 Å². The number of pyridine rings is 1. The van der Waals surface area contributed by atoms with Crippen molar-refractivity contribution in [1.82, 2.24) is 4.40 Å². The van der Waals surface area contributed by atoms with Gasteiger partial charge in [0, 0.05) is 38.6 Å². The average molecular weight is 594 g/mol. The van der Waals surface area contributed by atoms with Gasteiger partial charge in [-0.2, -0.15) is 0 Å². The van der Waals surface area contributed by atoms with Crippen molar-refractivity contribution in [3.63, 3.8) is 0 Å². The molecular formula is C33H25BrN2O2S. The highest BCUT2D eigenvalue weighted by molar-refractivity contribution is 9.10. The summed E-state index contributed by atoms with van der Waals surface area (Å²) in [6.07, 6.45) is 5.38. The summed E-state index contributed by atoms with van der Waals surface area (Å²) in [4.78, 5) is 31.6. The van der Waals surface area contributed by atoms with Crippen LogP contribution in [0.3, 0.4) is 0 Å². The van der Waals surface area contributed by atoms with Crippen LogP contribution in [0.2, 0.25) is 0 Å². The molecule has 0 unspecified atom stereocenters. The number of aromatic nitrogens is 1. The van der Waals surface area contributed by atoms with Gasteiger partial charge in [-0.25, -0.2) is 0 Å². The Morgan fingerprint density at radius 3 is 2.41 bits per heavy atom. The van der Waals surface area contributed by atoms with E-state index in [0.29, 0.717) is 16.8 Å². The Labute approximate surface area is 240 Å². The number of rotatable bonds is 5. The lowest BCUT2D eigenvalue weighted by Crippen LogP contribution is -2.14. The number of allylic oxidation sites excluding steroid dienone is 1. The highest BCUT2D eigenvalue weighted by Gasteiger charge is 2.22. The van der Waals surface area contributed by atoms with Gasteiger partial charge in [-0.15, -0.1) is 0 Å². The second kappa shape index (κ2) is 10.0. The monoisotopic (exact) mass is 592 g/mol. The maximum Gasteiger partial charge on any atom is 0.209 e. The lowest BCUT2D eigenvalue weighted by molar-refractivity contribution is 0.103. The normalized spacial score (nSPS) is 12.6. The fourth-order valence-electron chi connectivity index (χ4n) is 5.15. The second-order valence-electron chi connectivity index (χ2n) is 9.75. The lowest BCUT2D eigenvalue weighted by atomic mass is 10.1. The molecule has 3 heterocycles. The van der Waals surface area contributed by atoms with Gasteiger partial charge in [0.2, 0.25) is 5.78 Å². The number of para-hydroxylation sites is 1. The Kier molecular flexibility index (Phi) is 6.53. The van der Waals surface area contributed by atoms with Crippen molar-refractivity contribution in [1.29, 1.82) is 0 Å². The van der Waals surface area contributed by atoms with Gasteiger partial charge in [0.05, 0.1) is 22.6 Å². The minimum atomic E-state index is -0.137. The van der Waals surface area contributed by atoms with Gasteiger partial charge in [-0.3, -0.25) is 9.59 Å². The zero-order valence-electron chi connectivity index (χ0n) is 21.7. The Morgan fingerprint density at radius 1 is 0.872 bits per heavy atom. The number of halogens is 1. The third-order valence-corrected chi connectivity index (χ3v) is 8.65. The van der Waals surface area contributed by atoms with E-state index < -0.39 is 0 Å². The van der Waals surface area contributed by atoms with Gasteiger partial charge in [0.15, 0.2) is 5.78 Å². The number of hydrogen-bond donors (Lipinski definition) is 0. The standard InChI is InChI=1S/C33H25BrN2O2S/c1-20-16-21(2)32-25(18-28(36(32)19-20)33(38)23-10-12-24(34)13-11-23)29(37)15-9-22-8-14-27-31(17-22)39-30-7-5-4-6-26(30)35(27)3/h4-19H,1-3H3/b15-9+. The van der Waals surface area contributed by atoms with Crippen molar-refractivity contribution >= 4 is 62.2 Å². The molecule has 0 fully saturated rings. The van der Waals surface area contributed by atoms with E-state index in [2.05, 4.69) is 64.3 Å². The molecule has 2 aromatic heterocycles. The van der Waals surface area contributed by atoms with Crippen LogP contribution in [0.1, 0.15) is 43.1 Å². The number of carbonyl (C=O) groups is 2. The Bertz CT molecular complexity index is 1820. The van der Waals surface area contributed by atoms with E-state index in [4.69, 9.17) is 0 Å². The molecular weight excluding hydrogens is 568 g/mol. The van der Waals surface area contributed by atoms with Gasteiger partial charge in [0.1, 0.15) is 0 Å². The van der Waals surface area contributed by atoms with Crippen LogP contribution in [-0.2, 0) is 0 Å². The molecule has 0 saturated carbocycles. The van der Waals surface area contributed by atoms with Crippen LogP contribution >= 0.6 is 27.7 Å². The summed E-state index contributed by atoms with van der Waals surface area (Å²) in [6.45, 7) is 3.97. The minimum Gasteiger partial charge on any atom is -0.343 e. The van der Waals surface area contributed by atoms with Crippen LogP contribution in [0.5, 0.6) is 0 Å². The van der Waals surface area contributed by atoms with E-state index in [0.717, 1.165) is 37.3 Å². The molecule has 4 nitrogen and oxygen atoms in total. The number of hydrogen-bond acceptors (Lipinski definition) is 4. The fraction of sp³-hybridized carbons (Fsp3) is 0.0909. The third-order valence-electron chi connectivity index (χ3n) is 7.01. The number of anilines is 2. The lowest BCUT2D eigenvalue weighted by Gasteiger charge is -2.29. The summed E-state index contributed by atoms with van der Waals surface area (Å²) >= 11 is 5.16. The number of carbonyl (C=O) groups excluding carboxylic acids is 2. The van der Waals surface area contributed by atoms with Gasteiger partial charge >= 0.3 is 0 Å². The SMILES string of the molecule is Cc1cc(C)c2c(C(=O)/C=C/c3ccc4c(c3)Sc3ccccc3N4C)cc(C(=O)c3ccc(Br)cc3)n2c1. The van der Waals surface area contributed by atoms with Crippen LogP contribution in [0.25, 0.3) is 11.6 Å². The largest absolute Gasteiger partial charge is 0.343 e. The van der Waals surface area contributed by atoms with E-state index >= 15 is 0 Å². The highest BCUT2D eigenvalue weighted by atomic mass is 79.9. The topological polar surface area (TPSA) is 41.8 Å². The van der Waals surface area contributed by atoms with E-state index in [1.165, 1.54) is 10.6 Å². The van der Waals surface area contributed by atoms with Crippen LogP contribution in [0, 0.1) is 13.8 Å². The number of benzene rings is 3. The fourth-order valence-corrected chi connectivity index (χ4v) is 6.61. The van der Waals surface area contributed by atoms with E-state index in [1.807, 2.05) is 54.8 Å². The number of ketones is 2. The summed E-state index contributed by atoms with van der Waals surface area (Å²) in [5.74, 6) is -0.260. The first kappa shape index (κ1) is 25.4. The molecule has 0 atom stereocenters. The Hall–Kier alpha value is -3.87. The molecule has 5 aromatic rings. The molecule has 6 heteroatoms. The molecule has 0 N–H and O–H groups in total. The summed E-state index contributed by atoms with van der Waals surface area (Å²) in [5, 5.41) is 0. The van der Waals surface area contributed by atoms with Gasteiger partial charge in [-0.1, -0.05) is 58.0 Å². The van der Waals surface area contributed by atoms with Crippen molar-refractivity contribution in [2.24, 2.45) is 0 Å². The van der Waals surface area contributed by atoms with Gasteiger partial charge in [0.25, 0.3) is 0 Å². The van der Waals surface area contributed by atoms with Gasteiger partial charge in [-0.05, 0) is 91.2 Å². The first-order chi connectivity index (χ1) is 18.8. The Morgan fingerprint density at radius 2 is 1.62 bits per heavy atom. The first-order valence-electron chi connectivity index (χ1n) is 12.6. The summed E-state index contributed by atoms with van der Waals surface area (Å²) in [6, 6.07) is 25.6. The van der Waals surface area contributed by atoms with Crippen LogP contribution in [-0.4, -0.2) is 23.0 Å². The third kappa shape index (κ3) is 4.64. The number of aryl methyl sites for hydroxylation is 2. The van der Waals surface area contributed by atoms with E-state index in [-0.39, 0.29) is 11.6 Å². The summed E-state index contributed by atoms with van der Waals surface area (Å²) < 4.78 is 2.77. The predicted octanol–water partition coefficient (Wildman–Crippen LogP) is 8.68. The van der Waals surface area contributed by atoms with Crippen LogP contribution in [0.4, 0.5) is 11.4 Å². The van der Waals surface area contributed by atoms with Crippen molar-refractivity contribution in [2.45, 2.75) is 23.6 Å². The molecule has 0 bridgehead atoms. The molecule has 1 aliphatic heterocycles. The van der Waals surface area contributed by atoms with E-state index in [1.54, 1.807) is 36.0 Å². The van der Waals surface area contributed by atoms with Crippen molar-refractivity contribution in [3.8, 4) is 0 Å². The molecule has 192 valence electrons. The zero-order valence-corrected chi connectivity index (χ0v) is 24.1.